The lowest BCUT2D eigenvalue weighted by Gasteiger charge is -2.14. The Morgan fingerprint density at radius 1 is 1.05 bits per heavy atom. The van der Waals surface area contributed by atoms with E-state index in [1.54, 1.807) is 0 Å². The highest BCUT2D eigenvalue weighted by Gasteiger charge is 2.09. The van der Waals surface area contributed by atoms with Gasteiger partial charge in [0.15, 0.2) is 0 Å². The Kier molecular flexibility index (Phi) is 6.55. The lowest BCUT2D eigenvalue weighted by molar-refractivity contribution is 0.331. The largest absolute Gasteiger partial charge is 0.313 e. The molecule has 0 bridgehead atoms. The first kappa shape index (κ1) is 15.5. The molecule has 1 aliphatic rings. The van der Waals surface area contributed by atoms with Crippen molar-refractivity contribution >= 4 is 0 Å². The molecule has 1 aromatic rings. The van der Waals surface area contributed by atoms with Crippen molar-refractivity contribution in [1.82, 2.24) is 10.2 Å². The summed E-state index contributed by atoms with van der Waals surface area (Å²) in [5.74, 6) is 0.740. The highest BCUT2D eigenvalue weighted by molar-refractivity contribution is 5.22. The zero-order chi connectivity index (χ0) is 14.2. The van der Waals surface area contributed by atoms with Gasteiger partial charge in [-0.3, -0.25) is 0 Å². The Morgan fingerprint density at radius 2 is 1.70 bits per heavy atom. The Bertz CT molecular complexity index is 364. The van der Waals surface area contributed by atoms with Gasteiger partial charge in [-0.1, -0.05) is 38.1 Å². The lowest BCUT2D eigenvalue weighted by Crippen LogP contribution is -2.24. The minimum absolute atomic E-state index is 0.740. The van der Waals surface area contributed by atoms with E-state index in [9.17, 15) is 0 Å². The van der Waals surface area contributed by atoms with Crippen molar-refractivity contribution < 1.29 is 0 Å². The van der Waals surface area contributed by atoms with Crippen molar-refractivity contribution in [2.24, 2.45) is 5.92 Å². The minimum atomic E-state index is 0.740. The van der Waals surface area contributed by atoms with Crippen molar-refractivity contribution in [3.8, 4) is 0 Å². The van der Waals surface area contributed by atoms with Crippen molar-refractivity contribution in [3.63, 3.8) is 0 Å². The Hall–Kier alpha value is -0.860. The molecule has 2 rings (SSSR count). The SMILES string of the molecule is CC(C)Cc1ccc(CNCCCN2CCCC2)cc1. The average Bonchev–Trinajstić information content (AvgIpc) is 2.93. The molecule has 20 heavy (non-hydrogen) atoms. The fourth-order valence-corrected chi connectivity index (χ4v) is 2.93. The molecule has 1 aromatic carbocycles. The van der Waals surface area contributed by atoms with Gasteiger partial charge < -0.3 is 10.2 Å². The summed E-state index contributed by atoms with van der Waals surface area (Å²) in [5, 5.41) is 3.56. The maximum atomic E-state index is 3.56. The molecule has 2 nitrogen and oxygen atoms in total. The molecule has 0 atom stereocenters. The Morgan fingerprint density at radius 3 is 2.35 bits per heavy atom. The van der Waals surface area contributed by atoms with E-state index >= 15 is 0 Å². The van der Waals surface area contributed by atoms with Crippen LogP contribution in [0.1, 0.15) is 44.2 Å². The smallest absolute Gasteiger partial charge is 0.0205 e. The quantitative estimate of drug-likeness (QED) is 0.730. The van der Waals surface area contributed by atoms with Crippen LogP contribution in [0, 0.1) is 5.92 Å². The maximum Gasteiger partial charge on any atom is 0.0205 e. The van der Waals surface area contributed by atoms with Crippen molar-refractivity contribution in [2.45, 2.75) is 46.1 Å². The molecular formula is C18H30N2. The molecule has 0 aliphatic carbocycles. The fraction of sp³-hybridized carbons (Fsp3) is 0.667. The van der Waals surface area contributed by atoms with Crippen molar-refractivity contribution in [3.05, 3.63) is 35.4 Å². The zero-order valence-electron chi connectivity index (χ0n) is 13.2. The number of hydrogen-bond acceptors (Lipinski definition) is 2. The third-order valence-electron chi connectivity index (χ3n) is 4.02. The number of hydrogen-bond donors (Lipinski definition) is 1. The standard InChI is InChI=1S/C18H30N2/c1-16(2)14-17-6-8-18(9-7-17)15-19-10-5-13-20-11-3-4-12-20/h6-9,16,19H,3-5,10-15H2,1-2H3. The number of rotatable bonds is 8. The highest BCUT2D eigenvalue weighted by atomic mass is 15.1. The molecule has 112 valence electrons. The van der Waals surface area contributed by atoms with Gasteiger partial charge in [-0.2, -0.15) is 0 Å². The van der Waals surface area contributed by atoms with E-state index in [1.807, 2.05) is 0 Å². The molecule has 0 aromatic heterocycles. The second-order valence-corrected chi connectivity index (χ2v) is 6.49. The Labute approximate surface area is 124 Å². The first-order valence-corrected chi connectivity index (χ1v) is 8.25. The molecule has 1 saturated heterocycles. The van der Waals surface area contributed by atoms with E-state index in [0.29, 0.717) is 0 Å². The van der Waals surface area contributed by atoms with Crippen LogP contribution in [-0.4, -0.2) is 31.1 Å². The van der Waals surface area contributed by atoms with Gasteiger partial charge in [0.2, 0.25) is 0 Å². The monoisotopic (exact) mass is 274 g/mol. The van der Waals surface area contributed by atoms with E-state index in [1.165, 1.54) is 56.4 Å². The highest BCUT2D eigenvalue weighted by Crippen LogP contribution is 2.10. The predicted octanol–water partition coefficient (Wildman–Crippen LogP) is 3.46. The van der Waals surface area contributed by atoms with Gasteiger partial charge in [0.05, 0.1) is 0 Å². The third kappa shape index (κ3) is 5.64. The average molecular weight is 274 g/mol. The van der Waals surface area contributed by atoms with Gasteiger partial charge >= 0.3 is 0 Å². The number of likely N-dealkylation sites (tertiary alicyclic amines) is 1. The second-order valence-electron chi connectivity index (χ2n) is 6.49. The van der Waals surface area contributed by atoms with Crippen molar-refractivity contribution in [2.75, 3.05) is 26.2 Å². The first-order chi connectivity index (χ1) is 9.74. The normalized spacial score (nSPS) is 16.1. The van der Waals surface area contributed by atoms with E-state index in [4.69, 9.17) is 0 Å². The molecule has 0 saturated carbocycles. The van der Waals surface area contributed by atoms with Crippen LogP contribution < -0.4 is 5.32 Å². The topological polar surface area (TPSA) is 15.3 Å². The van der Waals surface area contributed by atoms with E-state index in [0.717, 1.165) is 19.0 Å². The number of nitrogens with one attached hydrogen (secondary N) is 1. The van der Waals surface area contributed by atoms with E-state index < -0.39 is 0 Å². The maximum absolute atomic E-state index is 3.56. The molecule has 1 aliphatic heterocycles. The van der Waals surface area contributed by atoms with Crippen molar-refractivity contribution in [1.29, 1.82) is 0 Å². The van der Waals surface area contributed by atoms with Crippen LogP contribution in [-0.2, 0) is 13.0 Å². The molecule has 2 heteroatoms. The summed E-state index contributed by atoms with van der Waals surface area (Å²) in [4.78, 5) is 2.59. The molecule has 0 radical (unpaired) electrons. The summed E-state index contributed by atoms with van der Waals surface area (Å²) in [6.45, 7) is 10.6. The van der Waals surface area contributed by atoms with Gasteiger partial charge in [-0.05, 0) is 68.9 Å². The molecule has 1 fully saturated rings. The summed E-state index contributed by atoms with van der Waals surface area (Å²) in [5.41, 5.74) is 2.86. The molecule has 0 spiro atoms. The van der Waals surface area contributed by atoms with Crippen LogP contribution in [0.3, 0.4) is 0 Å². The zero-order valence-corrected chi connectivity index (χ0v) is 13.2. The summed E-state index contributed by atoms with van der Waals surface area (Å²) in [7, 11) is 0. The summed E-state index contributed by atoms with van der Waals surface area (Å²) in [6, 6.07) is 9.10. The molecule has 0 unspecified atom stereocenters. The molecule has 1 heterocycles. The number of benzene rings is 1. The fourth-order valence-electron chi connectivity index (χ4n) is 2.93. The van der Waals surface area contributed by atoms with Crippen LogP contribution in [0.5, 0.6) is 0 Å². The van der Waals surface area contributed by atoms with Crippen LogP contribution in [0.15, 0.2) is 24.3 Å². The van der Waals surface area contributed by atoms with Gasteiger partial charge in [-0.15, -0.1) is 0 Å². The van der Waals surface area contributed by atoms with Crippen LogP contribution >= 0.6 is 0 Å². The van der Waals surface area contributed by atoms with Crippen LogP contribution in [0.4, 0.5) is 0 Å². The number of nitrogens with zero attached hydrogens (tertiary/aromatic N) is 1. The summed E-state index contributed by atoms with van der Waals surface area (Å²) < 4.78 is 0. The van der Waals surface area contributed by atoms with E-state index in [-0.39, 0.29) is 0 Å². The summed E-state index contributed by atoms with van der Waals surface area (Å²) >= 11 is 0. The molecule has 0 amide bonds. The third-order valence-corrected chi connectivity index (χ3v) is 4.02. The second kappa shape index (κ2) is 8.43. The van der Waals surface area contributed by atoms with Gasteiger partial charge in [0.25, 0.3) is 0 Å². The summed E-state index contributed by atoms with van der Waals surface area (Å²) in [6.07, 6.45) is 5.25. The van der Waals surface area contributed by atoms with Crippen LogP contribution in [0.2, 0.25) is 0 Å². The van der Waals surface area contributed by atoms with Gasteiger partial charge in [-0.25, -0.2) is 0 Å². The Balaban J connectivity index is 1.58. The predicted molar refractivity (Wildman–Crippen MR) is 87.0 cm³/mol. The van der Waals surface area contributed by atoms with Gasteiger partial charge in [0, 0.05) is 6.54 Å². The molecule has 1 N–H and O–H groups in total. The van der Waals surface area contributed by atoms with E-state index in [2.05, 4.69) is 48.3 Å². The lowest BCUT2D eigenvalue weighted by atomic mass is 10.0. The van der Waals surface area contributed by atoms with Crippen LogP contribution in [0.25, 0.3) is 0 Å². The first-order valence-electron chi connectivity index (χ1n) is 8.25. The minimum Gasteiger partial charge on any atom is -0.313 e. The molecular weight excluding hydrogens is 244 g/mol. The van der Waals surface area contributed by atoms with Gasteiger partial charge in [0.1, 0.15) is 0 Å².